The fourth-order valence-electron chi connectivity index (χ4n) is 2.23. The Balaban J connectivity index is 2.08. The van der Waals surface area contributed by atoms with Gasteiger partial charge in [0, 0.05) is 26.3 Å². The maximum atomic E-state index is 12.4. The Morgan fingerprint density at radius 1 is 1.23 bits per heavy atom. The molecule has 3 nitrogen and oxygen atoms in total. The van der Waals surface area contributed by atoms with Crippen LogP contribution in [0.15, 0.2) is 29.2 Å². The molecule has 0 atom stereocenters. The van der Waals surface area contributed by atoms with Gasteiger partial charge in [0.2, 0.25) is 0 Å². The Hall–Kier alpha value is -1.33. The van der Waals surface area contributed by atoms with Gasteiger partial charge in [-0.1, -0.05) is 55.9 Å². The number of carbonyl (C=O) groups excluding carboxylic acids is 1. The third kappa shape index (κ3) is 4.11. The highest BCUT2D eigenvalue weighted by molar-refractivity contribution is 8.26. The maximum absolute atomic E-state index is 12.4. The molecule has 1 aliphatic heterocycles. The van der Waals surface area contributed by atoms with E-state index in [0.29, 0.717) is 4.32 Å². The minimum atomic E-state index is 0.0442. The highest BCUT2D eigenvalue weighted by Crippen LogP contribution is 2.32. The summed E-state index contributed by atoms with van der Waals surface area (Å²) < 4.78 is 0.678. The summed E-state index contributed by atoms with van der Waals surface area (Å²) in [7, 11) is 4.02. The molecule has 0 unspecified atom stereocenters. The lowest BCUT2D eigenvalue weighted by molar-refractivity contribution is -0.122. The van der Waals surface area contributed by atoms with Crippen molar-refractivity contribution in [3.8, 4) is 0 Å². The molecule has 0 N–H and O–H groups in total. The van der Waals surface area contributed by atoms with E-state index in [1.165, 1.54) is 11.8 Å². The highest BCUT2D eigenvalue weighted by atomic mass is 32.2. The van der Waals surface area contributed by atoms with Crippen LogP contribution in [-0.4, -0.2) is 35.8 Å². The molecule has 1 aromatic rings. The van der Waals surface area contributed by atoms with Crippen LogP contribution in [0, 0.1) is 0 Å². The van der Waals surface area contributed by atoms with E-state index in [1.807, 2.05) is 44.4 Å². The van der Waals surface area contributed by atoms with E-state index in [9.17, 15) is 4.79 Å². The van der Waals surface area contributed by atoms with Crippen molar-refractivity contribution in [2.24, 2.45) is 0 Å². The zero-order chi connectivity index (χ0) is 16.1. The highest BCUT2D eigenvalue weighted by Gasteiger charge is 2.31. The summed E-state index contributed by atoms with van der Waals surface area (Å²) in [4.78, 5) is 16.9. The van der Waals surface area contributed by atoms with Gasteiger partial charge in [0.05, 0.1) is 4.91 Å². The van der Waals surface area contributed by atoms with Crippen LogP contribution in [0.3, 0.4) is 0 Å². The first-order valence-electron chi connectivity index (χ1n) is 7.55. The van der Waals surface area contributed by atoms with Crippen LogP contribution in [0.25, 0.3) is 6.08 Å². The van der Waals surface area contributed by atoms with Crippen molar-refractivity contribution in [1.29, 1.82) is 0 Å². The molecule has 118 valence electrons. The van der Waals surface area contributed by atoms with Crippen molar-refractivity contribution in [3.05, 3.63) is 34.7 Å². The van der Waals surface area contributed by atoms with E-state index in [2.05, 4.69) is 11.8 Å². The van der Waals surface area contributed by atoms with E-state index in [-0.39, 0.29) is 5.91 Å². The SMILES string of the molecule is CCCCCN1C(=O)C(=Cc2ccc(N(C)C)cc2)SC1=S. The van der Waals surface area contributed by atoms with Crippen molar-refractivity contribution in [3.63, 3.8) is 0 Å². The molecule has 1 aliphatic rings. The number of thiocarbonyl (C=S) groups is 1. The standard InChI is InChI=1S/C17H22N2OS2/c1-4-5-6-11-19-16(20)15(22-17(19)21)12-13-7-9-14(10-8-13)18(2)3/h7-10,12H,4-6,11H2,1-3H3. The van der Waals surface area contributed by atoms with Gasteiger partial charge in [0.25, 0.3) is 5.91 Å². The number of rotatable bonds is 6. The normalized spacial score (nSPS) is 16.7. The van der Waals surface area contributed by atoms with Gasteiger partial charge in [-0.15, -0.1) is 0 Å². The number of unbranched alkanes of at least 4 members (excludes halogenated alkanes) is 2. The van der Waals surface area contributed by atoms with Crippen molar-refractivity contribution < 1.29 is 4.79 Å². The molecule has 0 aliphatic carbocycles. The maximum Gasteiger partial charge on any atom is 0.266 e. The first-order valence-corrected chi connectivity index (χ1v) is 8.78. The summed E-state index contributed by atoms with van der Waals surface area (Å²) in [5.41, 5.74) is 2.17. The van der Waals surface area contributed by atoms with Gasteiger partial charge in [-0.25, -0.2) is 0 Å². The van der Waals surface area contributed by atoms with Crippen LogP contribution in [0.5, 0.6) is 0 Å². The molecule has 0 spiro atoms. The van der Waals surface area contributed by atoms with Crippen molar-refractivity contribution in [1.82, 2.24) is 4.90 Å². The van der Waals surface area contributed by atoms with Crippen molar-refractivity contribution in [2.45, 2.75) is 26.2 Å². The van der Waals surface area contributed by atoms with Gasteiger partial charge < -0.3 is 4.90 Å². The van der Waals surface area contributed by atoms with Crippen LogP contribution in [0.2, 0.25) is 0 Å². The fourth-order valence-corrected chi connectivity index (χ4v) is 3.54. The Morgan fingerprint density at radius 2 is 1.91 bits per heavy atom. The Labute approximate surface area is 142 Å². The molecule has 0 bridgehead atoms. The number of thioether (sulfide) groups is 1. The zero-order valence-electron chi connectivity index (χ0n) is 13.3. The van der Waals surface area contributed by atoms with E-state index < -0.39 is 0 Å². The number of amides is 1. The molecular formula is C17H22N2OS2. The van der Waals surface area contributed by atoms with E-state index in [1.54, 1.807) is 4.90 Å². The van der Waals surface area contributed by atoms with Crippen LogP contribution in [0.1, 0.15) is 31.7 Å². The van der Waals surface area contributed by atoms with Crippen LogP contribution in [0.4, 0.5) is 5.69 Å². The molecule has 1 aromatic carbocycles. The van der Waals surface area contributed by atoms with Crippen LogP contribution < -0.4 is 4.90 Å². The first kappa shape index (κ1) is 17.0. The van der Waals surface area contributed by atoms with Gasteiger partial charge in [-0.05, 0) is 30.2 Å². The molecule has 22 heavy (non-hydrogen) atoms. The zero-order valence-corrected chi connectivity index (χ0v) is 15.0. The molecule has 0 radical (unpaired) electrons. The quantitative estimate of drug-likeness (QED) is 0.443. The number of hydrogen-bond acceptors (Lipinski definition) is 4. The minimum absolute atomic E-state index is 0.0442. The Bertz CT molecular complexity index is 579. The fraction of sp³-hybridized carbons (Fsp3) is 0.412. The molecule has 0 aromatic heterocycles. The van der Waals surface area contributed by atoms with Gasteiger partial charge in [-0.3, -0.25) is 9.69 Å². The minimum Gasteiger partial charge on any atom is -0.378 e. The number of carbonyl (C=O) groups is 1. The third-order valence-corrected chi connectivity index (χ3v) is 4.94. The second kappa shape index (κ2) is 7.79. The third-order valence-electron chi connectivity index (χ3n) is 3.57. The lowest BCUT2D eigenvalue weighted by Crippen LogP contribution is -2.28. The molecule has 2 rings (SSSR count). The molecule has 1 amide bonds. The number of anilines is 1. The largest absolute Gasteiger partial charge is 0.378 e. The second-order valence-electron chi connectivity index (χ2n) is 5.53. The molecule has 0 saturated carbocycles. The molecule has 1 fully saturated rings. The van der Waals surface area contributed by atoms with Crippen molar-refractivity contribution >= 4 is 46.0 Å². The Kier molecular flexibility index (Phi) is 6.03. The number of hydrogen-bond donors (Lipinski definition) is 0. The predicted molar refractivity (Wildman–Crippen MR) is 100 cm³/mol. The molecular weight excluding hydrogens is 312 g/mol. The summed E-state index contributed by atoms with van der Waals surface area (Å²) in [6.45, 7) is 2.89. The topological polar surface area (TPSA) is 23.6 Å². The average molecular weight is 335 g/mol. The first-order chi connectivity index (χ1) is 10.5. The second-order valence-corrected chi connectivity index (χ2v) is 7.20. The number of benzene rings is 1. The lowest BCUT2D eigenvalue weighted by atomic mass is 10.2. The smallest absolute Gasteiger partial charge is 0.266 e. The lowest BCUT2D eigenvalue weighted by Gasteiger charge is -2.13. The molecule has 1 saturated heterocycles. The van der Waals surface area contributed by atoms with Gasteiger partial charge in [0.1, 0.15) is 4.32 Å². The summed E-state index contributed by atoms with van der Waals surface area (Å²) in [5, 5.41) is 0. The van der Waals surface area contributed by atoms with E-state index >= 15 is 0 Å². The summed E-state index contributed by atoms with van der Waals surface area (Å²) >= 11 is 6.74. The summed E-state index contributed by atoms with van der Waals surface area (Å²) in [6, 6.07) is 8.15. The van der Waals surface area contributed by atoms with Crippen LogP contribution >= 0.6 is 24.0 Å². The number of nitrogens with zero attached hydrogens (tertiary/aromatic N) is 2. The van der Waals surface area contributed by atoms with E-state index in [4.69, 9.17) is 12.2 Å². The van der Waals surface area contributed by atoms with E-state index in [0.717, 1.165) is 42.0 Å². The predicted octanol–water partition coefficient (Wildman–Crippen LogP) is 4.14. The molecule has 1 heterocycles. The van der Waals surface area contributed by atoms with Gasteiger partial charge in [-0.2, -0.15) is 0 Å². The van der Waals surface area contributed by atoms with Gasteiger partial charge in [0.15, 0.2) is 0 Å². The van der Waals surface area contributed by atoms with Crippen LogP contribution in [-0.2, 0) is 4.79 Å². The van der Waals surface area contributed by atoms with Crippen molar-refractivity contribution in [2.75, 3.05) is 25.5 Å². The molecule has 5 heteroatoms. The average Bonchev–Trinajstić information content (AvgIpc) is 2.75. The summed E-state index contributed by atoms with van der Waals surface area (Å²) in [6.07, 6.45) is 5.21. The Morgan fingerprint density at radius 3 is 2.50 bits per heavy atom. The summed E-state index contributed by atoms with van der Waals surface area (Å²) in [5.74, 6) is 0.0442. The van der Waals surface area contributed by atoms with Gasteiger partial charge >= 0.3 is 0 Å². The monoisotopic (exact) mass is 334 g/mol.